The van der Waals surface area contributed by atoms with Crippen molar-refractivity contribution in [1.82, 2.24) is 0 Å². The number of allylic oxidation sites excluding steroid dienone is 3. The summed E-state index contributed by atoms with van der Waals surface area (Å²) in [4.78, 5) is 0. The zero-order chi connectivity index (χ0) is 8.91. The van der Waals surface area contributed by atoms with Gasteiger partial charge in [-0.15, -0.1) is 0 Å². The number of hydrogen-bond donors (Lipinski definition) is 1. The molecular formula is C10H19N. The van der Waals surface area contributed by atoms with Gasteiger partial charge in [0.05, 0.1) is 0 Å². The van der Waals surface area contributed by atoms with Crippen molar-refractivity contribution in [1.29, 1.82) is 0 Å². The van der Waals surface area contributed by atoms with E-state index in [9.17, 15) is 0 Å². The summed E-state index contributed by atoms with van der Waals surface area (Å²) in [5.74, 6) is 0. The molecule has 0 unspecified atom stereocenters. The van der Waals surface area contributed by atoms with Crippen LogP contribution < -0.4 is 5.73 Å². The summed E-state index contributed by atoms with van der Waals surface area (Å²) in [6, 6.07) is 0. The smallest absolute Gasteiger partial charge is 0.00244 e. The third-order valence-corrected chi connectivity index (χ3v) is 1.58. The minimum absolute atomic E-state index is 0.167. The van der Waals surface area contributed by atoms with Crippen LogP contribution in [0.3, 0.4) is 0 Å². The zero-order valence-electron chi connectivity index (χ0n) is 8.02. The third kappa shape index (κ3) is 3.87. The van der Waals surface area contributed by atoms with E-state index in [-0.39, 0.29) is 5.41 Å². The van der Waals surface area contributed by atoms with Gasteiger partial charge in [0, 0.05) is 0 Å². The number of rotatable bonds is 2. The largest absolute Gasteiger partial charge is 0.404 e. The van der Waals surface area contributed by atoms with E-state index in [0.717, 1.165) is 6.42 Å². The van der Waals surface area contributed by atoms with Crippen molar-refractivity contribution >= 4 is 0 Å². The van der Waals surface area contributed by atoms with Gasteiger partial charge in [-0.1, -0.05) is 39.8 Å². The Hall–Kier alpha value is -0.720. The Bertz CT molecular complexity index is 158. The quantitative estimate of drug-likeness (QED) is 0.606. The highest BCUT2D eigenvalue weighted by atomic mass is 14.5. The van der Waals surface area contributed by atoms with Crippen LogP contribution in [0.4, 0.5) is 0 Å². The summed E-state index contributed by atoms with van der Waals surface area (Å²) in [7, 11) is 0. The second-order valence-corrected chi connectivity index (χ2v) is 3.68. The molecule has 0 bridgehead atoms. The second kappa shape index (κ2) is 4.22. The van der Waals surface area contributed by atoms with Crippen molar-refractivity contribution in [2.24, 2.45) is 11.1 Å². The molecule has 0 atom stereocenters. The first-order valence-corrected chi connectivity index (χ1v) is 4.11. The van der Waals surface area contributed by atoms with Crippen LogP contribution in [0, 0.1) is 5.41 Å². The molecule has 0 fully saturated rings. The lowest BCUT2D eigenvalue weighted by Gasteiger charge is -2.19. The fraction of sp³-hybridized carbons (Fsp3) is 0.600. The standard InChI is InChI=1S/C10H19N/c1-5-6-7-9(8-11)10(2,3)4/h6-8H,5,11H2,1-4H3/b7-6-,9-8?. The van der Waals surface area contributed by atoms with Gasteiger partial charge in [-0.05, 0) is 23.6 Å². The van der Waals surface area contributed by atoms with Gasteiger partial charge in [0.1, 0.15) is 0 Å². The van der Waals surface area contributed by atoms with E-state index in [0.29, 0.717) is 0 Å². The molecule has 0 aliphatic rings. The maximum Gasteiger partial charge on any atom is -0.00244 e. The Labute approximate surface area is 70.0 Å². The summed E-state index contributed by atoms with van der Waals surface area (Å²) in [5.41, 5.74) is 6.85. The lowest BCUT2D eigenvalue weighted by atomic mass is 9.87. The summed E-state index contributed by atoms with van der Waals surface area (Å²) in [6.45, 7) is 8.59. The average Bonchev–Trinajstić information content (AvgIpc) is 1.87. The molecule has 11 heavy (non-hydrogen) atoms. The van der Waals surface area contributed by atoms with Gasteiger partial charge in [0.25, 0.3) is 0 Å². The molecule has 0 aliphatic carbocycles. The highest BCUT2D eigenvalue weighted by Gasteiger charge is 2.13. The average molecular weight is 153 g/mol. The van der Waals surface area contributed by atoms with E-state index in [1.807, 2.05) is 0 Å². The maximum atomic E-state index is 5.49. The molecule has 0 aliphatic heterocycles. The molecule has 0 amide bonds. The predicted octanol–water partition coefficient (Wildman–Crippen LogP) is 2.84. The molecule has 0 aromatic rings. The molecule has 0 saturated carbocycles. The van der Waals surface area contributed by atoms with E-state index in [1.54, 1.807) is 6.20 Å². The normalized spacial score (nSPS) is 14.4. The maximum absolute atomic E-state index is 5.49. The van der Waals surface area contributed by atoms with E-state index in [4.69, 9.17) is 5.73 Å². The van der Waals surface area contributed by atoms with Gasteiger partial charge >= 0.3 is 0 Å². The van der Waals surface area contributed by atoms with Crippen molar-refractivity contribution in [2.45, 2.75) is 34.1 Å². The fourth-order valence-corrected chi connectivity index (χ4v) is 0.800. The van der Waals surface area contributed by atoms with Crippen LogP contribution in [0.25, 0.3) is 0 Å². The van der Waals surface area contributed by atoms with Crippen LogP contribution in [0.5, 0.6) is 0 Å². The van der Waals surface area contributed by atoms with Crippen LogP contribution in [0.2, 0.25) is 0 Å². The van der Waals surface area contributed by atoms with Gasteiger partial charge in [0.15, 0.2) is 0 Å². The molecule has 64 valence electrons. The minimum atomic E-state index is 0.167. The monoisotopic (exact) mass is 153 g/mol. The molecule has 1 heteroatoms. The third-order valence-electron chi connectivity index (χ3n) is 1.58. The Kier molecular flexibility index (Phi) is 3.94. The van der Waals surface area contributed by atoms with Crippen LogP contribution in [-0.4, -0.2) is 0 Å². The Morgan fingerprint density at radius 2 is 1.91 bits per heavy atom. The summed E-state index contributed by atoms with van der Waals surface area (Å²) < 4.78 is 0. The van der Waals surface area contributed by atoms with Crippen molar-refractivity contribution in [3.63, 3.8) is 0 Å². The van der Waals surface area contributed by atoms with Crippen LogP contribution in [0.15, 0.2) is 23.9 Å². The first-order valence-electron chi connectivity index (χ1n) is 4.11. The topological polar surface area (TPSA) is 26.0 Å². The highest BCUT2D eigenvalue weighted by Crippen LogP contribution is 2.25. The molecule has 0 aromatic carbocycles. The van der Waals surface area contributed by atoms with Gasteiger partial charge in [-0.2, -0.15) is 0 Å². The molecule has 0 heterocycles. The van der Waals surface area contributed by atoms with E-state index >= 15 is 0 Å². The molecule has 0 spiro atoms. The molecule has 0 radical (unpaired) electrons. The lowest BCUT2D eigenvalue weighted by Crippen LogP contribution is -2.09. The molecule has 0 rings (SSSR count). The first-order chi connectivity index (χ1) is 5.02. The van der Waals surface area contributed by atoms with Crippen molar-refractivity contribution in [3.8, 4) is 0 Å². The second-order valence-electron chi connectivity index (χ2n) is 3.68. The van der Waals surface area contributed by atoms with Gasteiger partial charge in [-0.3, -0.25) is 0 Å². The SMILES string of the molecule is CC/C=C\C(=CN)C(C)(C)C. The lowest BCUT2D eigenvalue weighted by molar-refractivity contribution is 0.515. The molecule has 0 saturated heterocycles. The Morgan fingerprint density at radius 1 is 1.36 bits per heavy atom. The minimum Gasteiger partial charge on any atom is -0.404 e. The van der Waals surface area contributed by atoms with Crippen molar-refractivity contribution < 1.29 is 0 Å². The molecular weight excluding hydrogens is 134 g/mol. The predicted molar refractivity (Wildman–Crippen MR) is 51.2 cm³/mol. The van der Waals surface area contributed by atoms with E-state index < -0.39 is 0 Å². The van der Waals surface area contributed by atoms with Crippen molar-refractivity contribution in [3.05, 3.63) is 23.9 Å². The van der Waals surface area contributed by atoms with E-state index in [1.165, 1.54) is 5.57 Å². The van der Waals surface area contributed by atoms with Gasteiger partial charge in [-0.25, -0.2) is 0 Å². The van der Waals surface area contributed by atoms with Crippen LogP contribution >= 0.6 is 0 Å². The van der Waals surface area contributed by atoms with Gasteiger partial charge < -0.3 is 5.73 Å². The number of hydrogen-bond acceptors (Lipinski definition) is 1. The summed E-state index contributed by atoms with van der Waals surface area (Å²) >= 11 is 0. The van der Waals surface area contributed by atoms with Crippen LogP contribution in [-0.2, 0) is 0 Å². The highest BCUT2D eigenvalue weighted by molar-refractivity contribution is 5.23. The summed E-state index contributed by atoms with van der Waals surface area (Å²) in [6.07, 6.45) is 6.98. The number of nitrogens with two attached hydrogens (primary N) is 1. The van der Waals surface area contributed by atoms with Crippen LogP contribution in [0.1, 0.15) is 34.1 Å². The molecule has 2 N–H and O–H groups in total. The van der Waals surface area contributed by atoms with Crippen molar-refractivity contribution in [2.75, 3.05) is 0 Å². The Balaban J connectivity index is 4.33. The van der Waals surface area contributed by atoms with E-state index in [2.05, 4.69) is 39.8 Å². The fourth-order valence-electron chi connectivity index (χ4n) is 0.800. The Morgan fingerprint density at radius 3 is 2.18 bits per heavy atom. The molecule has 0 aromatic heterocycles. The first kappa shape index (κ1) is 10.3. The molecule has 1 nitrogen and oxygen atoms in total. The zero-order valence-corrected chi connectivity index (χ0v) is 8.02. The summed E-state index contributed by atoms with van der Waals surface area (Å²) in [5, 5.41) is 0. The van der Waals surface area contributed by atoms with Gasteiger partial charge in [0.2, 0.25) is 0 Å².